The number of aliphatic hydroxyl groups is 2. The molecule has 5 rings (SSSR count). The van der Waals surface area contributed by atoms with E-state index in [4.69, 9.17) is 4.84 Å². The van der Waals surface area contributed by atoms with Gasteiger partial charge in [0, 0.05) is 37.3 Å². The Balaban J connectivity index is 1.41. The highest BCUT2D eigenvalue weighted by atomic mass is 16.6. The molecule has 0 aromatic carbocycles. The lowest BCUT2D eigenvalue weighted by Gasteiger charge is -2.63. The number of aliphatic hydroxyl groups excluding tert-OH is 2. The number of carbonyl (C=O) groups excluding carboxylic acids is 1. The summed E-state index contributed by atoms with van der Waals surface area (Å²) in [5, 5.41) is 29.7. The Morgan fingerprint density at radius 3 is 2.70 bits per heavy atom. The summed E-state index contributed by atoms with van der Waals surface area (Å²) in [6.07, 6.45) is 6.94. The third-order valence-electron chi connectivity index (χ3n) is 10.1. The minimum Gasteiger partial charge on any atom is -0.396 e. The van der Waals surface area contributed by atoms with E-state index in [1.54, 1.807) is 0 Å². The Hall–Kier alpha value is -0.980. The molecule has 5 aliphatic rings. The highest BCUT2D eigenvalue weighted by molar-refractivity contribution is 5.87. The van der Waals surface area contributed by atoms with E-state index in [9.17, 15) is 15.0 Å². The van der Waals surface area contributed by atoms with Crippen molar-refractivity contribution in [3.05, 3.63) is 0 Å². The monoisotopic (exact) mass is 418 g/mol. The van der Waals surface area contributed by atoms with Gasteiger partial charge in [0.2, 0.25) is 0 Å². The summed E-state index contributed by atoms with van der Waals surface area (Å²) in [6.45, 7) is 6.38. The molecule has 4 aliphatic carbocycles. The van der Waals surface area contributed by atoms with Crippen LogP contribution in [0.15, 0.2) is 5.16 Å². The molecule has 3 N–H and O–H groups in total. The van der Waals surface area contributed by atoms with E-state index in [2.05, 4.69) is 24.3 Å². The van der Waals surface area contributed by atoms with Gasteiger partial charge >= 0.3 is 0 Å². The molecule has 1 unspecified atom stereocenters. The first-order chi connectivity index (χ1) is 14.4. The lowest BCUT2D eigenvalue weighted by atomic mass is 9.42. The number of Topliss-reactive ketones (excluding diaryl/α,β-unsaturated/α-hetero) is 1. The molecule has 9 atom stereocenters. The number of oxime groups is 1. The Kier molecular flexibility index (Phi) is 5.27. The van der Waals surface area contributed by atoms with E-state index in [1.807, 2.05) is 0 Å². The molecule has 0 amide bonds. The van der Waals surface area contributed by atoms with Crippen LogP contribution in [0.25, 0.3) is 0 Å². The highest BCUT2D eigenvalue weighted by Crippen LogP contribution is 2.66. The summed E-state index contributed by atoms with van der Waals surface area (Å²) in [7, 11) is 0. The fourth-order valence-electron chi connectivity index (χ4n) is 8.21. The largest absolute Gasteiger partial charge is 0.396 e. The first kappa shape index (κ1) is 20.9. The third-order valence-corrected chi connectivity index (χ3v) is 10.1. The number of rotatable bonds is 3. The average molecular weight is 419 g/mol. The van der Waals surface area contributed by atoms with Gasteiger partial charge in [0.15, 0.2) is 0 Å². The summed E-state index contributed by atoms with van der Waals surface area (Å²) in [6, 6.07) is 0. The van der Waals surface area contributed by atoms with Crippen molar-refractivity contribution in [1.29, 1.82) is 0 Å². The second-order valence-corrected chi connectivity index (χ2v) is 11.2. The van der Waals surface area contributed by atoms with Crippen molar-refractivity contribution in [1.82, 2.24) is 5.32 Å². The topological polar surface area (TPSA) is 91.2 Å². The van der Waals surface area contributed by atoms with E-state index >= 15 is 0 Å². The second-order valence-electron chi connectivity index (χ2n) is 11.2. The first-order valence-corrected chi connectivity index (χ1v) is 12.1. The van der Waals surface area contributed by atoms with Gasteiger partial charge in [-0.2, -0.15) is 0 Å². The van der Waals surface area contributed by atoms with Crippen molar-refractivity contribution < 1.29 is 19.8 Å². The third kappa shape index (κ3) is 3.01. The SMILES string of the molecule is C[C@]12CCC(=NO[C@@H]3CCNC3)CC1[C@@H](CO)[C@@H](O)[C@@H]1[C@@H]2CC[C@]2(C)C(=O)CC[C@@H]12. The van der Waals surface area contributed by atoms with Crippen molar-refractivity contribution in [2.75, 3.05) is 19.7 Å². The maximum atomic E-state index is 12.7. The average Bonchev–Trinajstić information content (AvgIpc) is 3.36. The lowest BCUT2D eigenvalue weighted by molar-refractivity contribution is -0.188. The Morgan fingerprint density at radius 2 is 1.97 bits per heavy atom. The molecule has 0 radical (unpaired) electrons. The summed E-state index contributed by atoms with van der Waals surface area (Å²) in [4.78, 5) is 18.5. The molecule has 0 bridgehead atoms. The summed E-state index contributed by atoms with van der Waals surface area (Å²) in [5.41, 5.74) is 0.902. The molecular weight excluding hydrogens is 380 g/mol. The van der Waals surface area contributed by atoms with Crippen LogP contribution in [0.2, 0.25) is 0 Å². The standard InChI is InChI=1S/C24H38N2O4/c1-23-8-5-14(26-30-15-7-10-25-12-15)11-19(23)16(13-27)22(29)21-17-3-4-20(28)24(17,2)9-6-18(21)23/h15-19,21-22,25,27,29H,3-13H2,1-2H3/t15-,16-,17+,18+,19?,21+,22-,23-,24+/m1/s1. The van der Waals surface area contributed by atoms with Crippen LogP contribution in [-0.2, 0) is 9.63 Å². The predicted octanol–water partition coefficient (Wildman–Crippen LogP) is 2.52. The van der Waals surface area contributed by atoms with Crippen molar-refractivity contribution in [2.45, 2.75) is 77.4 Å². The molecule has 6 heteroatoms. The van der Waals surface area contributed by atoms with Gasteiger partial charge in [-0.05, 0) is 74.2 Å². The van der Waals surface area contributed by atoms with Crippen LogP contribution in [0.1, 0.15) is 65.2 Å². The molecule has 5 fully saturated rings. The number of hydrogen-bond donors (Lipinski definition) is 3. The van der Waals surface area contributed by atoms with Crippen LogP contribution in [0, 0.1) is 40.4 Å². The Labute approximate surface area is 179 Å². The zero-order valence-corrected chi connectivity index (χ0v) is 18.5. The Bertz CT molecular complexity index is 720. The maximum absolute atomic E-state index is 12.7. The van der Waals surface area contributed by atoms with Crippen molar-refractivity contribution in [3.8, 4) is 0 Å². The van der Waals surface area contributed by atoms with Crippen molar-refractivity contribution in [2.24, 2.45) is 45.6 Å². The molecule has 0 aromatic rings. The number of carbonyl (C=O) groups is 1. The second kappa shape index (κ2) is 7.56. The molecule has 4 saturated carbocycles. The molecule has 1 heterocycles. The van der Waals surface area contributed by atoms with Gasteiger partial charge in [-0.3, -0.25) is 4.79 Å². The van der Waals surface area contributed by atoms with Crippen LogP contribution in [0.5, 0.6) is 0 Å². The van der Waals surface area contributed by atoms with E-state index in [1.165, 1.54) is 0 Å². The zero-order valence-electron chi connectivity index (χ0n) is 18.5. The molecule has 1 saturated heterocycles. The van der Waals surface area contributed by atoms with Crippen molar-refractivity contribution >= 4 is 11.5 Å². The number of ketones is 1. The van der Waals surface area contributed by atoms with E-state index in [-0.39, 0.29) is 47.2 Å². The fraction of sp³-hybridized carbons (Fsp3) is 0.917. The lowest BCUT2D eigenvalue weighted by Crippen LogP contribution is -2.62. The quantitative estimate of drug-likeness (QED) is 0.613. The molecule has 1 aliphatic heterocycles. The Morgan fingerprint density at radius 1 is 1.13 bits per heavy atom. The number of fused-ring (bicyclic) bond motifs is 5. The van der Waals surface area contributed by atoms with Gasteiger partial charge in [-0.1, -0.05) is 19.0 Å². The normalized spacial score (nSPS) is 52.1. The van der Waals surface area contributed by atoms with E-state index < -0.39 is 6.10 Å². The fourth-order valence-corrected chi connectivity index (χ4v) is 8.21. The van der Waals surface area contributed by atoms with Gasteiger partial charge in [-0.25, -0.2) is 0 Å². The molecule has 168 valence electrons. The minimum atomic E-state index is -0.534. The van der Waals surface area contributed by atoms with Crippen LogP contribution >= 0.6 is 0 Å². The smallest absolute Gasteiger partial charge is 0.141 e. The van der Waals surface area contributed by atoms with Crippen LogP contribution in [0.3, 0.4) is 0 Å². The van der Waals surface area contributed by atoms with E-state index in [0.29, 0.717) is 18.1 Å². The zero-order chi connectivity index (χ0) is 21.1. The molecule has 0 spiro atoms. The van der Waals surface area contributed by atoms with Crippen molar-refractivity contribution in [3.63, 3.8) is 0 Å². The number of hydrogen-bond acceptors (Lipinski definition) is 6. The summed E-state index contributed by atoms with van der Waals surface area (Å²) in [5.74, 6) is 1.28. The minimum absolute atomic E-state index is 0.00268. The summed E-state index contributed by atoms with van der Waals surface area (Å²) >= 11 is 0. The molecule has 0 aromatic heterocycles. The van der Waals surface area contributed by atoms with Gasteiger partial charge in [0.25, 0.3) is 0 Å². The number of nitrogens with zero attached hydrogens (tertiary/aromatic N) is 1. The maximum Gasteiger partial charge on any atom is 0.141 e. The van der Waals surface area contributed by atoms with Gasteiger partial charge in [0.05, 0.1) is 11.8 Å². The first-order valence-electron chi connectivity index (χ1n) is 12.1. The van der Waals surface area contributed by atoms with Crippen LogP contribution < -0.4 is 5.32 Å². The molecule has 30 heavy (non-hydrogen) atoms. The van der Waals surface area contributed by atoms with Crippen LogP contribution in [0.4, 0.5) is 0 Å². The number of nitrogens with one attached hydrogen (secondary N) is 1. The van der Waals surface area contributed by atoms with Gasteiger partial charge < -0.3 is 20.4 Å². The highest BCUT2D eigenvalue weighted by Gasteiger charge is 2.64. The summed E-state index contributed by atoms with van der Waals surface area (Å²) < 4.78 is 0. The predicted molar refractivity (Wildman–Crippen MR) is 114 cm³/mol. The molecule has 6 nitrogen and oxygen atoms in total. The van der Waals surface area contributed by atoms with E-state index in [0.717, 1.165) is 63.7 Å². The van der Waals surface area contributed by atoms with Crippen LogP contribution in [-0.4, -0.2) is 53.6 Å². The van der Waals surface area contributed by atoms with Gasteiger partial charge in [-0.15, -0.1) is 0 Å². The van der Waals surface area contributed by atoms with Gasteiger partial charge in [0.1, 0.15) is 11.9 Å². The molecular formula is C24H38N2O4.